The molecule has 1 atom stereocenters. The fourth-order valence-electron chi connectivity index (χ4n) is 2.85. The van der Waals surface area contributed by atoms with Gasteiger partial charge in [0.05, 0.1) is 11.7 Å². The number of likely N-dealkylation sites (tertiary alicyclic amines) is 1. The summed E-state index contributed by atoms with van der Waals surface area (Å²) < 4.78 is 2.16. The van der Waals surface area contributed by atoms with Gasteiger partial charge in [0.15, 0.2) is 0 Å². The molecule has 2 aromatic heterocycles. The topological polar surface area (TPSA) is 46.6 Å². The molecule has 4 heteroatoms. The smallest absolute Gasteiger partial charge is 0.113 e. The van der Waals surface area contributed by atoms with Crippen LogP contribution in [0.15, 0.2) is 24.5 Å². The maximum absolute atomic E-state index is 5.79. The van der Waals surface area contributed by atoms with Gasteiger partial charge in [0.1, 0.15) is 5.82 Å². The lowest BCUT2D eigenvalue weighted by Crippen LogP contribution is -2.20. The van der Waals surface area contributed by atoms with Gasteiger partial charge in [-0.1, -0.05) is 6.92 Å². The van der Waals surface area contributed by atoms with Crippen LogP contribution in [0.3, 0.4) is 0 Å². The SMILES string of the molecule is CCN1CCC(Cc2ncc3cc(N)ccn23)C1. The minimum atomic E-state index is 0.744. The van der Waals surface area contributed by atoms with E-state index < -0.39 is 0 Å². The van der Waals surface area contributed by atoms with E-state index in [1.165, 1.54) is 19.5 Å². The molecule has 2 N–H and O–H groups in total. The summed E-state index contributed by atoms with van der Waals surface area (Å²) in [6.07, 6.45) is 6.30. The third-order valence-electron chi connectivity index (χ3n) is 3.92. The second kappa shape index (κ2) is 4.61. The number of imidazole rings is 1. The van der Waals surface area contributed by atoms with Crippen molar-refractivity contribution in [3.63, 3.8) is 0 Å². The molecule has 96 valence electrons. The molecule has 0 bridgehead atoms. The van der Waals surface area contributed by atoms with E-state index in [1.807, 2.05) is 24.5 Å². The van der Waals surface area contributed by atoms with Gasteiger partial charge in [0.2, 0.25) is 0 Å². The molecule has 0 saturated carbocycles. The zero-order chi connectivity index (χ0) is 12.5. The van der Waals surface area contributed by atoms with Crippen molar-refractivity contribution < 1.29 is 0 Å². The number of rotatable bonds is 3. The third kappa shape index (κ3) is 2.08. The van der Waals surface area contributed by atoms with E-state index in [0.29, 0.717) is 0 Å². The van der Waals surface area contributed by atoms with Crippen molar-refractivity contribution >= 4 is 11.2 Å². The summed E-state index contributed by atoms with van der Waals surface area (Å²) in [5.41, 5.74) is 7.68. The van der Waals surface area contributed by atoms with Crippen LogP contribution in [0.1, 0.15) is 19.2 Å². The van der Waals surface area contributed by atoms with Gasteiger partial charge in [-0.3, -0.25) is 0 Å². The van der Waals surface area contributed by atoms with Crippen LogP contribution in [0, 0.1) is 5.92 Å². The molecular formula is C14H20N4. The first-order valence-electron chi connectivity index (χ1n) is 6.70. The van der Waals surface area contributed by atoms with Crippen molar-refractivity contribution in [2.45, 2.75) is 19.8 Å². The second-order valence-corrected chi connectivity index (χ2v) is 5.18. The average Bonchev–Trinajstić information content (AvgIpc) is 2.97. The van der Waals surface area contributed by atoms with E-state index >= 15 is 0 Å². The summed E-state index contributed by atoms with van der Waals surface area (Å²) in [4.78, 5) is 7.05. The van der Waals surface area contributed by atoms with Crippen LogP contribution in [0.2, 0.25) is 0 Å². The molecule has 0 spiro atoms. The van der Waals surface area contributed by atoms with E-state index in [9.17, 15) is 0 Å². The van der Waals surface area contributed by atoms with Gasteiger partial charge < -0.3 is 15.0 Å². The van der Waals surface area contributed by atoms with Crippen LogP contribution >= 0.6 is 0 Å². The maximum Gasteiger partial charge on any atom is 0.113 e. The number of hydrogen-bond acceptors (Lipinski definition) is 3. The van der Waals surface area contributed by atoms with Crippen molar-refractivity contribution in [3.05, 3.63) is 30.4 Å². The zero-order valence-corrected chi connectivity index (χ0v) is 10.8. The van der Waals surface area contributed by atoms with E-state index in [1.54, 1.807) is 0 Å². The highest BCUT2D eigenvalue weighted by Gasteiger charge is 2.22. The molecule has 0 aliphatic carbocycles. The van der Waals surface area contributed by atoms with Gasteiger partial charge in [-0.25, -0.2) is 4.98 Å². The number of pyridine rings is 1. The monoisotopic (exact) mass is 244 g/mol. The van der Waals surface area contributed by atoms with Gasteiger partial charge in [-0.15, -0.1) is 0 Å². The maximum atomic E-state index is 5.79. The Morgan fingerprint density at radius 3 is 3.17 bits per heavy atom. The molecular weight excluding hydrogens is 224 g/mol. The number of anilines is 1. The zero-order valence-electron chi connectivity index (χ0n) is 10.8. The molecule has 2 aromatic rings. The highest BCUT2D eigenvalue weighted by Crippen LogP contribution is 2.21. The number of nitrogens with two attached hydrogens (primary N) is 1. The van der Waals surface area contributed by atoms with Gasteiger partial charge in [-0.2, -0.15) is 0 Å². The minimum Gasteiger partial charge on any atom is -0.399 e. The standard InChI is InChI=1S/C14H20N4/c1-2-17-5-3-11(10-17)7-14-16-9-13-8-12(15)4-6-18(13)14/h4,6,8-9,11H,2-3,5,7,10,15H2,1H3. The average molecular weight is 244 g/mol. The summed E-state index contributed by atoms with van der Waals surface area (Å²) in [5, 5.41) is 0. The normalized spacial score (nSPS) is 20.8. The Balaban J connectivity index is 1.79. The molecule has 1 unspecified atom stereocenters. The molecule has 0 radical (unpaired) electrons. The largest absolute Gasteiger partial charge is 0.399 e. The van der Waals surface area contributed by atoms with Crippen molar-refractivity contribution in [1.29, 1.82) is 0 Å². The van der Waals surface area contributed by atoms with E-state index in [-0.39, 0.29) is 0 Å². The summed E-state index contributed by atoms with van der Waals surface area (Å²) in [6, 6.07) is 3.91. The Morgan fingerprint density at radius 2 is 2.39 bits per heavy atom. The predicted molar refractivity (Wildman–Crippen MR) is 73.5 cm³/mol. The van der Waals surface area contributed by atoms with Gasteiger partial charge >= 0.3 is 0 Å². The Labute approximate surface area is 107 Å². The van der Waals surface area contributed by atoms with Crippen LogP contribution in [0.4, 0.5) is 5.69 Å². The van der Waals surface area contributed by atoms with Crippen LogP contribution in [0.25, 0.3) is 5.52 Å². The van der Waals surface area contributed by atoms with Crippen molar-refractivity contribution in [3.8, 4) is 0 Å². The number of nitrogen functional groups attached to an aromatic ring is 1. The van der Waals surface area contributed by atoms with Crippen molar-refractivity contribution in [2.24, 2.45) is 5.92 Å². The first kappa shape index (κ1) is 11.5. The fraction of sp³-hybridized carbons (Fsp3) is 0.500. The van der Waals surface area contributed by atoms with E-state index in [0.717, 1.165) is 35.9 Å². The molecule has 1 aliphatic rings. The van der Waals surface area contributed by atoms with Crippen LogP contribution in [0.5, 0.6) is 0 Å². The first-order chi connectivity index (χ1) is 8.76. The molecule has 0 aromatic carbocycles. The lowest BCUT2D eigenvalue weighted by molar-refractivity contribution is 0.341. The van der Waals surface area contributed by atoms with E-state index in [2.05, 4.69) is 21.2 Å². The number of fused-ring (bicyclic) bond motifs is 1. The Hall–Kier alpha value is -1.55. The van der Waals surface area contributed by atoms with Gasteiger partial charge in [0, 0.05) is 24.8 Å². The van der Waals surface area contributed by atoms with Crippen LogP contribution in [-0.2, 0) is 6.42 Å². The van der Waals surface area contributed by atoms with Gasteiger partial charge in [-0.05, 0) is 37.6 Å². The Morgan fingerprint density at radius 1 is 1.50 bits per heavy atom. The molecule has 0 amide bonds. The lowest BCUT2D eigenvalue weighted by atomic mass is 10.0. The minimum absolute atomic E-state index is 0.744. The highest BCUT2D eigenvalue weighted by molar-refractivity contribution is 5.55. The number of nitrogens with zero attached hydrogens (tertiary/aromatic N) is 3. The van der Waals surface area contributed by atoms with E-state index in [4.69, 9.17) is 5.73 Å². The molecule has 1 aliphatic heterocycles. The Bertz CT molecular complexity index is 546. The molecule has 18 heavy (non-hydrogen) atoms. The quantitative estimate of drug-likeness (QED) is 0.895. The summed E-state index contributed by atoms with van der Waals surface area (Å²) in [5.74, 6) is 1.90. The van der Waals surface area contributed by atoms with Crippen LogP contribution in [-0.4, -0.2) is 33.9 Å². The summed E-state index contributed by atoms with van der Waals surface area (Å²) in [7, 11) is 0. The molecule has 3 heterocycles. The van der Waals surface area contributed by atoms with Crippen molar-refractivity contribution in [2.75, 3.05) is 25.4 Å². The van der Waals surface area contributed by atoms with Gasteiger partial charge in [0.25, 0.3) is 0 Å². The highest BCUT2D eigenvalue weighted by atomic mass is 15.1. The lowest BCUT2D eigenvalue weighted by Gasteiger charge is -2.12. The number of aromatic nitrogens is 2. The molecule has 3 rings (SSSR count). The second-order valence-electron chi connectivity index (χ2n) is 5.18. The number of hydrogen-bond donors (Lipinski definition) is 1. The molecule has 1 fully saturated rings. The Kier molecular flexibility index (Phi) is 2.96. The fourth-order valence-corrected chi connectivity index (χ4v) is 2.85. The summed E-state index contributed by atoms with van der Waals surface area (Å²) in [6.45, 7) is 5.84. The van der Waals surface area contributed by atoms with Crippen LogP contribution < -0.4 is 5.73 Å². The predicted octanol–water partition coefficient (Wildman–Crippen LogP) is 1.80. The molecule has 1 saturated heterocycles. The first-order valence-corrected chi connectivity index (χ1v) is 6.70. The summed E-state index contributed by atoms with van der Waals surface area (Å²) >= 11 is 0. The molecule has 4 nitrogen and oxygen atoms in total. The third-order valence-corrected chi connectivity index (χ3v) is 3.92. The van der Waals surface area contributed by atoms with Crippen molar-refractivity contribution in [1.82, 2.24) is 14.3 Å².